The first-order valence-corrected chi connectivity index (χ1v) is 7.65. The molecule has 2 aromatic carbocycles. The lowest BCUT2D eigenvalue weighted by Gasteiger charge is -2.08. The number of rotatable bonds is 3. The number of carbonyl (C=O) groups excluding carboxylic acids is 1. The number of hydrogen-bond acceptors (Lipinski definition) is 2. The van der Waals surface area contributed by atoms with Gasteiger partial charge < -0.3 is 9.73 Å². The van der Waals surface area contributed by atoms with Crippen molar-refractivity contribution in [1.29, 1.82) is 0 Å². The Labute approximate surface area is 139 Å². The number of nitrogens with one attached hydrogen (secondary N) is 1. The summed E-state index contributed by atoms with van der Waals surface area (Å²) in [5.74, 6) is 0.603. The third kappa shape index (κ3) is 3.46. The summed E-state index contributed by atoms with van der Waals surface area (Å²) in [6.45, 7) is 3.94. The summed E-state index contributed by atoms with van der Waals surface area (Å²) in [4.78, 5) is 12.4. The van der Waals surface area contributed by atoms with Crippen molar-refractivity contribution in [3.05, 3.63) is 76.5 Å². The summed E-state index contributed by atoms with van der Waals surface area (Å²) >= 11 is 5.98. The molecule has 0 aliphatic carbocycles. The van der Waals surface area contributed by atoms with E-state index in [0.717, 1.165) is 22.4 Å². The van der Waals surface area contributed by atoms with Crippen molar-refractivity contribution in [1.82, 2.24) is 0 Å². The van der Waals surface area contributed by atoms with Crippen LogP contribution in [0.25, 0.3) is 11.3 Å². The maximum atomic E-state index is 12.4. The fourth-order valence-corrected chi connectivity index (χ4v) is 2.50. The maximum Gasteiger partial charge on any atom is 0.291 e. The Morgan fingerprint density at radius 1 is 1.04 bits per heavy atom. The number of hydrogen-bond donors (Lipinski definition) is 1. The fourth-order valence-electron chi connectivity index (χ4n) is 2.31. The van der Waals surface area contributed by atoms with E-state index in [2.05, 4.69) is 5.32 Å². The molecule has 0 aliphatic rings. The van der Waals surface area contributed by atoms with Gasteiger partial charge in [-0.05, 0) is 55.3 Å². The Balaban J connectivity index is 1.82. The Hall–Kier alpha value is -2.52. The molecule has 0 saturated heterocycles. The summed E-state index contributed by atoms with van der Waals surface area (Å²) in [5.41, 5.74) is 3.72. The molecule has 0 atom stereocenters. The van der Waals surface area contributed by atoms with Gasteiger partial charge in [0.2, 0.25) is 0 Å². The second kappa shape index (κ2) is 6.31. The molecular weight excluding hydrogens is 310 g/mol. The minimum atomic E-state index is -0.271. The number of halogens is 1. The molecular formula is C19H16ClNO2. The zero-order chi connectivity index (χ0) is 16.4. The molecule has 3 aromatic rings. The quantitative estimate of drug-likeness (QED) is 0.693. The molecule has 4 heteroatoms. The van der Waals surface area contributed by atoms with Crippen molar-refractivity contribution in [2.75, 3.05) is 5.32 Å². The molecule has 0 saturated carbocycles. The van der Waals surface area contributed by atoms with Crippen LogP contribution < -0.4 is 5.32 Å². The minimum Gasteiger partial charge on any atom is -0.451 e. The molecule has 3 nitrogen and oxygen atoms in total. The van der Waals surface area contributed by atoms with Gasteiger partial charge >= 0.3 is 0 Å². The first-order chi connectivity index (χ1) is 11.0. The van der Waals surface area contributed by atoms with E-state index in [1.165, 1.54) is 0 Å². The smallest absolute Gasteiger partial charge is 0.291 e. The van der Waals surface area contributed by atoms with Crippen molar-refractivity contribution in [3.63, 3.8) is 0 Å². The highest BCUT2D eigenvalue weighted by Crippen LogP contribution is 2.25. The van der Waals surface area contributed by atoms with Crippen LogP contribution in [-0.2, 0) is 0 Å². The van der Waals surface area contributed by atoms with E-state index < -0.39 is 0 Å². The lowest BCUT2D eigenvalue weighted by atomic mass is 10.1. The number of aryl methyl sites for hydroxylation is 2. The largest absolute Gasteiger partial charge is 0.451 e. The van der Waals surface area contributed by atoms with Gasteiger partial charge in [-0.1, -0.05) is 35.9 Å². The molecule has 0 aliphatic heterocycles. The zero-order valence-corrected chi connectivity index (χ0v) is 13.6. The molecule has 116 valence electrons. The van der Waals surface area contributed by atoms with Gasteiger partial charge in [-0.15, -0.1) is 0 Å². The van der Waals surface area contributed by atoms with Crippen molar-refractivity contribution in [3.8, 4) is 11.3 Å². The van der Waals surface area contributed by atoms with Crippen LogP contribution in [0.1, 0.15) is 21.7 Å². The number of anilines is 1. The van der Waals surface area contributed by atoms with Gasteiger partial charge in [0.05, 0.1) is 0 Å². The van der Waals surface area contributed by atoms with Crippen molar-refractivity contribution in [2.45, 2.75) is 13.8 Å². The first-order valence-electron chi connectivity index (χ1n) is 7.27. The van der Waals surface area contributed by atoms with E-state index in [1.807, 2.05) is 44.2 Å². The average molecular weight is 326 g/mol. The Morgan fingerprint density at radius 3 is 2.65 bits per heavy atom. The summed E-state index contributed by atoms with van der Waals surface area (Å²) in [5, 5.41) is 3.51. The molecule has 0 spiro atoms. The molecule has 0 bridgehead atoms. The Morgan fingerprint density at radius 2 is 1.87 bits per heavy atom. The predicted molar refractivity (Wildman–Crippen MR) is 93.0 cm³/mol. The summed E-state index contributed by atoms with van der Waals surface area (Å²) in [6.07, 6.45) is 0. The maximum absolute atomic E-state index is 12.4. The molecule has 0 fully saturated rings. The molecule has 0 radical (unpaired) electrons. The monoisotopic (exact) mass is 325 g/mol. The Kier molecular flexibility index (Phi) is 4.22. The average Bonchev–Trinajstić information content (AvgIpc) is 3.01. The lowest BCUT2D eigenvalue weighted by Crippen LogP contribution is -2.11. The zero-order valence-electron chi connectivity index (χ0n) is 12.9. The molecule has 23 heavy (non-hydrogen) atoms. The van der Waals surface area contributed by atoms with Gasteiger partial charge in [-0.25, -0.2) is 0 Å². The van der Waals surface area contributed by atoms with Gasteiger partial charge in [0.15, 0.2) is 5.76 Å². The van der Waals surface area contributed by atoms with Gasteiger partial charge in [-0.2, -0.15) is 0 Å². The van der Waals surface area contributed by atoms with Crippen LogP contribution in [-0.4, -0.2) is 5.91 Å². The standard InChI is InChI=1S/C19H16ClNO2/c1-12-6-7-13(2)16(10-12)21-19(22)18-9-8-17(23-18)14-4-3-5-15(20)11-14/h3-11H,1-2H3,(H,21,22). The highest BCUT2D eigenvalue weighted by atomic mass is 35.5. The SMILES string of the molecule is Cc1ccc(C)c(NC(=O)c2ccc(-c3cccc(Cl)c3)o2)c1. The molecule has 1 heterocycles. The highest BCUT2D eigenvalue weighted by Gasteiger charge is 2.13. The van der Waals surface area contributed by atoms with Crippen LogP contribution in [0, 0.1) is 13.8 Å². The van der Waals surface area contributed by atoms with E-state index in [-0.39, 0.29) is 11.7 Å². The normalized spacial score (nSPS) is 10.6. The topological polar surface area (TPSA) is 42.2 Å². The van der Waals surface area contributed by atoms with Gasteiger partial charge in [0, 0.05) is 16.3 Å². The van der Waals surface area contributed by atoms with Crippen LogP contribution in [0.3, 0.4) is 0 Å². The second-order valence-corrected chi connectivity index (χ2v) is 5.88. The highest BCUT2D eigenvalue weighted by molar-refractivity contribution is 6.30. The summed E-state index contributed by atoms with van der Waals surface area (Å²) in [7, 11) is 0. The summed E-state index contributed by atoms with van der Waals surface area (Å²) in [6, 6.07) is 16.7. The fraction of sp³-hybridized carbons (Fsp3) is 0.105. The Bertz CT molecular complexity index is 867. The van der Waals surface area contributed by atoms with Crippen molar-refractivity contribution >= 4 is 23.2 Å². The minimum absolute atomic E-state index is 0.265. The van der Waals surface area contributed by atoms with Crippen LogP contribution in [0.4, 0.5) is 5.69 Å². The second-order valence-electron chi connectivity index (χ2n) is 5.45. The van der Waals surface area contributed by atoms with Crippen molar-refractivity contribution < 1.29 is 9.21 Å². The third-order valence-corrected chi connectivity index (χ3v) is 3.82. The lowest BCUT2D eigenvalue weighted by molar-refractivity contribution is 0.0997. The summed E-state index contributed by atoms with van der Waals surface area (Å²) < 4.78 is 5.66. The van der Waals surface area contributed by atoms with E-state index in [9.17, 15) is 4.79 Å². The molecule has 1 amide bonds. The number of furan rings is 1. The van der Waals surface area contributed by atoms with Crippen LogP contribution in [0.2, 0.25) is 5.02 Å². The number of amides is 1. The molecule has 1 N–H and O–H groups in total. The van der Waals surface area contributed by atoms with Crippen LogP contribution >= 0.6 is 11.6 Å². The van der Waals surface area contributed by atoms with E-state index >= 15 is 0 Å². The molecule has 3 rings (SSSR count). The van der Waals surface area contributed by atoms with Gasteiger partial charge in [-0.3, -0.25) is 4.79 Å². The molecule has 1 aromatic heterocycles. The van der Waals surface area contributed by atoms with Gasteiger partial charge in [0.1, 0.15) is 5.76 Å². The van der Waals surface area contributed by atoms with Crippen LogP contribution in [0.5, 0.6) is 0 Å². The third-order valence-electron chi connectivity index (χ3n) is 3.58. The van der Waals surface area contributed by atoms with Gasteiger partial charge in [0.25, 0.3) is 5.91 Å². The van der Waals surface area contributed by atoms with Crippen molar-refractivity contribution in [2.24, 2.45) is 0 Å². The van der Waals surface area contributed by atoms with E-state index in [4.69, 9.17) is 16.0 Å². The number of carbonyl (C=O) groups is 1. The molecule has 0 unspecified atom stereocenters. The van der Waals surface area contributed by atoms with E-state index in [1.54, 1.807) is 24.3 Å². The van der Waals surface area contributed by atoms with E-state index in [0.29, 0.717) is 10.8 Å². The first kappa shape index (κ1) is 15.4. The number of benzene rings is 2. The predicted octanol–water partition coefficient (Wildman–Crippen LogP) is 5.47. The van der Waals surface area contributed by atoms with Crippen LogP contribution in [0.15, 0.2) is 59.0 Å².